The molecule has 2 fully saturated rings. The fraction of sp³-hybridized carbons (Fsp3) is 0.941. The van der Waals surface area contributed by atoms with Gasteiger partial charge in [0, 0.05) is 52.5 Å². The predicted molar refractivity (Wildman–Crippen MR) is 109 cm³/mol. The molecule has 0 radical (unpaired) electrons. The topological polar surface area (TPSA) is 58.1 Å². The molecule has 0 atom stereocenters. The zero-order chi connectivity index (χ0) is 16.4. The van der Waals surface area contributed by atoms with Gasteiger partial charge in [-0.1, -0.05) is 19.3 Å². The summed E-state index contributed by atoms with van der Waals surface area (Å²) in [6, 6.07) is 0. The van der Waals surface area contributed by atoms with Crippen LogP contribution in [-0.4, -0.2) is 76.6 Å². The molecule has 0 amide bonds. The van der Waals surface area contributed by atoms with Gasteiger partial charge in [0.15, 0.2) is 5.96 Å². The minimum Gasteiger partial charge on any atom is -0.385 e. The summed E-state index contributed by atoms with van der Waals surface area (Å²) in [6.45, 7) is 6.48. The molecule has 2 N–H and O–H groups in total. The van der Waals surface area contributed by atoms with E-state index in [1.165, 1.54) is 32.1 Å². The van der Waals surface area contributed by atoms with Gasteiger partial charge < -0.3 is 20.1 Å². The number of hydrogen-bond acceptors (Lipinski definition) is 4. The van der Waals surface area contributed by atoms with E-state index in [4.69, 9.17) is 9.47 Å². The molecule has 1 saturated heterocycles. The van der Waals surface area contributed by atoms with E-state index in [-0.39, 0.29) is 29.5 Å². The first-order valence-electron chi connectivity index (χ1n) is 9.07. The summed E-state index contributed by atoms with van der Waals surface area (Å²) >= 11 is 0. The number of methoxy groups -OCH3 is 1. The number of nitrogens with zero attached hydrogens (tertiary/aromatic N) is 2. The van der Waals surface area contributed by atoms with Crippen molar-refractivity contribution in [3.63, 3.8) is 0 Å². The second-order valence-electron chi connectivity index (χ2n) is 6.58. The lowest BCUT2D eigenvalue weighted by atomic mass is 9.80. The summed E-state index contributed by atoms with van der Waals surface area (Å²) in [6.07, 6.45) is 7.58. The van der Waals surface area contributed by atoms with Crippen LogP contribution in [0.3, 0.4) is 0 Å². The fourth-order valence-electron chi connectivity index (χ4n) is 3.74. The van der Waals surface area contributed by atoms with Gasteiger partial charge in [-0.3, -0.25) is 9.89 Å². The number of nitrogens with one attached hydrogen (secondary N) is 2. The molecule has 2 aliphatic rings. The van der Waals surface area contributed by atoms with Crippen molar-refractivity contribution in [3.8, 4) is 0 Å². The van der Waals surface area contributed by atoms with Crippen molar-refractivity contribution in [2.24, 2.45) is 4.99 Å². The van der Waals surface area contributed by atoms with Crippen molar-refractivity contribution in [2.45, 2.75) is 44.1 Å². The second-order valence-corrected chi connectivity index (χ2v) is 6.58. The number of aliphatic imine (C=N–C) groups is 1. The van der Waals surface area contributed by atoms with Crippen LogP contribution < -0.4 is 10.6 Å². The van der Waals surface area contributed by atoms with Crippen LogP contribution in [0.4, 0.5) is 0 Å². The van der Waals surface area contributed by atoms with Crippen LogP contribution in [0.5, 0.6) is 0 Å². The van der Waals surface area contributed by atoms with Gasteiger partial charge in [0.2, 0.25) is 0 Å². The lowest BCUT2D eigenvalue weighted by molar-refractivity contribution is -0.0352. The number of rotatable bonds is 7. The molecule has 1 saturated carbocycles. The highest BCUT2D eigenvalue weighted by Gasteiger charge is 2.38. The Kier molecular flexibility index (Phi) is 11.2. The predicted octanol–water partition coefficient (Wildman–Crippen LogP) is 1.84. The first-order chi connectivity index (χ1) is 11.3. The lowest BCUT2D eigenvalue weighted by Crippen LogP contribution is -2.60. The number of guanidine groups is 1. The van der Waals surface area contributed by atoms with Crippen LogP contribution in [0.25, 0.3) is 0 Å². The van der Waals surface area contributed by atoms with Crippen molar-refractivity contribution in [1.82, 2.24) is 15.5 Å². The van der Waals surface area contributed by atoms with E-state index < -0.39 is 0 Å². The molecule has 0 unspecified atom stereocenters. The standard InChI is InChI=1S/C17H34N4O2.HI/c1-18-16(19-9-6-12-22-2)20-15-17(7-4-3-5-8-17)21-10-13-23-14-11-21;/h3-15H2,1-2H3,(H2,18,19,20);1H. The van der Waals surface area contributed by atoms with Gasteiger partial charge in [-0.2, -0.15) is 0 Å². The number of ether oxygens (including phenoxy) is 2. The fourth-order valence-corrected chi connectivity index (χ4v) is 3.74. The SMILES string of the molecule is CN=C(NCCCOC)NCC1(N2CCOCC2)CCCCC1.I. The Morgan fingerprint density at radius 1 is 1.17 bits per heavy atom. The van der Waals surface area contributed by atoms with Gasteiger partial charge >= 0.3 is 0 Å². The van der Waals surface area contributed by atoms with Gasteiger partial charge in [0.05, 0.1) is 13.2 Å². The zero-order valence-corrected chi connectivity index (χ0v) is 17.6. The van der Waals surface area contributed by atoms with E-state index in [1.807, 2.05) is 7.05 Å². The van der Waals surface area contributed by atoms with Gasteiger partial charge in [-0.25, -0.2) is 0 Å². The molecule has 1 heterocycles. The molecule has 2 rings (SSSR count). The van der Waals surface area contributed by atoms with Gasteiger partial charge in [0.1, 0.15) is 0 Å². The largest absolute Gasteiger partial charge is 0.385 e. The summed E-state index contributed by atoms with van der Waals surface area (Å²) in [5.41, 5.74) is 0.270. The monoisotopic (exact) mass is 454 g/mol. The Morgan fingerprint density at radius 2 is 1.88 bits per heavy atom. The molecule has 1 aliphatic carbocycles. The number of morpholine rings is 1. The Hall–Kier alpha value is -0.120. The summed E-state index contributed by atoms with van der Waals surface area (Å²) in [7, 11) is 3.58. The quantitative estimate of drug-likeness (QED) is 0.266. The highest BCUT2D eigenvalue weighted by Crippen LogP contribution is 2.33. The maximum absolute atomic E-state index is 5.55. The summed E-state index contributed by atoms with van der Waals surface area (Å²) < 4.78 is 10.6. The van der Waals surface area contributed by atoms with Crippen LogP contribution in [0.2, 0.25) is 0 Å². The Morgan fingerprint density at radius 3 is 2.50 bits per heavy atom. The summed E-state index contributed by atoms with van der Waals surface area (Å²) in [4.78, 5) is 7.01. The average Bonchev–Trinajstić information content (AvgIpc) is 2.63. The summed E-state index contributed by atoms with van der Waals surface area (Å²) in [5.74, 6) is 0.902. The van der Waals surface area contributed by atoms with Crippen molar-refractivity contribution >= 4 is 29.9 Å². The third-order valence-electron chi connectivity index (χ3n) is 5.09. The maximum atomic E-state index is 5.55. The van der Waals surface area contributed by atoms with E-state index in [0.717, 1.165) is 58.4 Å². The molecule has 0 bridgehead atoms. The van der Waals surface area contributed by atoms with Gasteiger partial charge in [-0.15, -0.1) is 24.0 Å². The van der Waals surface area contributed by atoms with Crippen molar-refractivity contribution < 1.29 is 9.47 Å². The van der Waals surface area contributed by atoms with Crippen LogP contribution in [0.15, 0.2) is 4.99 Å². The van der Waals surface area contributed by atoms with Crippen LogP contribution in [0, 0.1) is 0 Å². The molecule has 1 aliphatic heterocycles. The maximum Gasteiger partial charge on any atom is 0.191 e. The lowest BCUT2D eigenvalue weighted by Gasteiger charge is -2.48. The first kappa shape index (κ1) is 21.9. The van der Waals surface area contributed by atoms with E-state index in [0.29, 0.717) is 0 Å². The number of hydrogen-bond donors (Lipinski definition) is 2. The molecule has 0 aromatic rings. The first-order valence-corrected chi connectivity index (χ1v) is 9.07. The molecular formula is C17H35IN4O2. The van der Waals surface area contributed by atoms with E-state index in [2.05, 4.69) is 20.5 Å². The molecule has 142 valence electrons. The Bertz CT molecular complexity index is 356. The number of halogens is 1. The molecule has 7 heteroatoms. The van der Waals surface area contributed by atoms with Crippen LogP contribution in [-0.2, 0) is 9.47 Å². The second kappa shape index (κ2) is 12.3. The van der Waals surface area contributed by atoms with Gasteiger partial charge in [0.25, 0.3) is 0 Å². The van der Waals surface area contributed by atoms with Crippen molar-refractivity contribution in [3.05, 3.63) is 0 Å². The van der Waals surface area contributed by atoms with Crippen molar-refractivity contribution in [2.75, 3.05) is 60.2 Å². The summed E-state index contributed by atoms with van der Waals surface area (Å²) in [5, 5.41) is 6.95. The molecule has 0 aromatic carbocycles. The molecule has 0 spiro atoms. The molecule has 24 heavy (non-hydrogen) atoms. The van der Waals surface area contributed by atoms with Crippen LogP contribution >= 0.6 is 24.0 Å². The van der Waals surface area contributed by atoms with Crippen LogP contribution in [0.1, 0.15) is 38.5 Å². The van der Waals surface area contributed by atoms with E-state index in [1.54, 1.807) is 7.11 Å². The minimum absolute atomic E-state index is 0. The van der Waals surface area contributed by atoms with E-state index in [9.17, 15) is 0 Å². The van der Waals surface area contributed by atoms with Crippen molar-refractivity contribution in [1.29, 1.82) is 0 Å². The Labute approximate surface area is 164 Å². The van der Waals surface area contributed by atoms with Gasteiger partial charge in [-0.05, 0) is 19.3 Å². The average molecular weight is 454 g/mol. The third kappa shape index (κ3) is 6.65. The Balaban J connectivity index is 0.00000288. The smallest absolute Gasteiger partial charge is 0.191 e. The molecule has 6 nitrogen and oxygen atoms in total. The third-order valence-corrected chi connectivity index (χ3v) is 5.09. The normalized spacial score (nSPS) is 21.8. The minimum atomic E-state index is 0. The van der Waals surface area contributed by atoms with E-state index >= 15 is 0 Å². The highest BCUT2D eigenvalue weighted by atomic mass is 127. The highest BCUT2D eigenvalue weighted by molar-refractivity contribution is 14.0. The molecular weight excluding hydrogens is 419 g/mol. The molecule has 0 aromatic heterocycles. The zero-order valence-electron chi connectivity index (χ0n) is 15.3.